The van der Waals surface area contributed by atoms with Crippen LogP contribution in [0.15, 0.2) is 72.8 Å². The van der Waals surface area contributed by atoms with Gasteiger partial charge >= 0.3 is 0 Å². The fourth-order valence-electron chi connectivity index (χ4n) is 3.75. The van der Waals surface area contributed by atoms with E-state index in [4.69, 9.17) is 0 Å². The largest absolute Gasteiger partial charge is 0.377 e. The highest BCUT2D eigenvalue weighted by Crippen LogP contribution is 2.30. The second-order valence-electron chi connectivity index (χ2n) is 8.91. The summed E-state index contributed by atoms with van der Waals surface area (Å²) >= 11 is 0. The maximum absolute atomic E-state index is 13.6. The first-order valence-corrected chi connectivity index (χ1v) is 11.4. The number of amides is 2. The summed E-state index contributed by atoms with van der Waals surface area (Å²) in [4.78, 5) is 29.7. The van der Waals surface area contributed by atoms with Crippen molar-refractivity contribution in [3.8, 4) is 0 Å². The molecule has 0 aliphatic rings. The number of carbonyl (C=O) groups excluding carboxylic acids is 2. The molecular formula is C28H32FN3O2. The monoisotopic (exact) mass is 461 g/mol. The molecule has 178 valence electrons. The smallest absolute Gasteiger partial charge is 0.254 e. The van der Waals surface area contributed by atoms with Gasteiger partial charge in [-0.1, -0.05) is 44.2 Å². The molecule has 0 aliphatic heterocycles. The number of halogens is 1. The van der Waals surface area contributed by atoms with Crippen molar-refractivity contribution in [2.24, 2.45) is 5.92 Å². The van der Waals surface area contributed by atoms with Crippen LogP contribution in [-0.4, -0.2) is 30.8 Å². The molecule has 0 saturated carbocycles. The molecule has 3 rings (SSSR count). The van der Waals surface area contributed by atoms with Gasteiger partial charge in [0.05, 0.1) is 6.04 Å². The van der Waals surface area contributed by atoms with Crippen LogP contribution < -0.4 is 10.2 Å². The Morgan fingerprint density at radius 1 is 0.912 bits per heavy atom. The lowest BCUT2D eigenvalue weighted by molar-refractivity contribution is -0.118. The van der Waals surface area contributed by atoms with Crippen LogP contribution in [0.3, 0.4) is 0 Å². The number of rotatable bonds is 8. The van der Waals surface area contributed by atoms with Crippen LogP contribution in [0, 0.1) is 11.7 Å². The number of nitrogens with zero attached hydrogens (tertiary/aromatic N) is 2. The van der Waals surface area contributed by atoms with Gasteiger partial charge in [-0.05, 0) is 60.5 Å². The average Bonchev–Trinajstić information content (AvgIpc) is 2.82. The lowest BCUT2D eigenvalue weighted by atomic mass is 10.0. The number of carbonyl (C=O) groups is 2. The highest BCUT2D eigenvalue weighted by atomic mass is 19.1. The van der Waals surface area contributed by atoms with Crippen molar-refractivity contribution >= 4 is 23.2 Å². The summed E-state index contributed by atoms with van der Waals surface area (Å²) in [6, 6.07) is 20.9. The minimum Gasteiger partial charge on any atom is -0.377 e. The molecule has 0 spiro atoms. The molecule has 0 aromatic heterocycles. The van der Waals surface area contributed by atoms with Gasteiger partial charge in [-0.2, -0.15) is 0 Å². The normalized spacial score (nSPS) is 11.7. The van der Waals surface area contributed by atoms with E-state index in [2.05, 4.69) is 5.32 Å². The molecule has 0 saturated heterocycles. The molecule has 0 aliphatic carbocycles. The Kier molecular flexibility index (Phi) is 8.05. The van der Waals surface area contributed by atoms with Crippen molar-refractivity contribution in [1.82, 2.24) is 4.90 Å². The molecule has 3 aromatic rings. The van der Waals surface area contributed by atoms with Gasteiger partial charge in [-0.15, -0.1) is 0 Å². The van der Waals surface area contributed by atoms with Gasteiger partial charge in [0.1, 0.15) is 5.82 Å². The van der Waals surface area contributed by atoms with Gasteiger partial charge in [0.25, 0.3) is 5.91 Å². The summed E-state index contributed by atoms with van der Waals surface area (Å²) in [7, 11) is 3.88. The predicted octanol–water partition coefficient (Wildman–Crippen LogP) is 5.89. The highest BCUT2D eigenvalue weighted by Gasteiger charge is 2.25. The zero-order valence-corrected chi connectivity index (χ0v) is 20.4. The van der Waals surface area contributed by atoms with E-state index in [9.17, 15) is 14.0 Å². The molecule has 3 aromatic carbocycles. The molecule has 1 N–H and O–H groups in total. The zero-order valence-electron chi connectivity index (χ0n) is 20.4. The fourth-order valence-corrected chi connectivity index (χ4v) is 3.75. The van der Waals surface area contributed by atoms with Crippen LogP contribution in [0.1, 0.15) is 48.3 Å². The van der Waals surface area contributed by atoms with Gasteiger partial charge < -0.3 is 15.1 Å². The summed E-state index contributed by atoms with van der Waals surface area (Å²) in [5.41, 5.74) is 3.93. The molecule has 1 atom stereocenters. The van der Waals surface area contributed by atoms with E-state index < -0.39 is 0 Å². The molecule has 1 unspecified atom stereocenters. The molecule has 0 fully saturated rings. The van der Waals surface area contributed by atoms with Crippen LogP contribution in [0.25, 0.3) is 0 Å². The van der Waals surface area contributed by atoms with Gasteiger partial charge in [0.2, 0.25) is 5.91 Å². The maximum atomic E-state index is 13.6. The van der Waals surface area contributed by atoms with Crippen molar-refractivity contribution in [3.63, 3.8) is 0 Å². The second kappa shape index (κ2) is 11.0. The van der Waals surface area contributed by atoms with E-state index in [1.165, 1.54) is 24.3 Å². The maximum Gasteiger partial charge on any atom is 0.254 e. The molecule has 0 heterocycles. The standard InChI is InChI=1S/C28H32FN3O2/c1-19(2)27(33)30-25-15-16-26(31(4)5)23(17-25)18-32(20(3)21-9-7-6-8-10-21)28(34)22-11-13-24(29)14-12-22/h6-17,19-20H,18H2,1-5H3,(H,30,33). The van der Waals surface area contributed by atoms with Crippen LogP contribution in [-0.2, 0) is 11.3 Å². The lowest BCUT2D eigenvalue weighted by Crippen LogP contribution is -2.34. The summed E-state index contributed by atoms with van der Waals surface area (Å²) in [5, 5.41) is 2.95. The topological polar surface area (TPSA) is 52.7 Å². The summed E-state index contributed by atoms with van der Waals surface area (Å²) < 4.78 is 13.5. The molecular weight excluding hydrogens is 429 g/mol. The number of benzene rings is 3. The predicted molar refractivity (Wildman–Crippen MR) is 135 cm³/mol. The summed E-state index contributed by atoms with van der Waals surface area (Å²) in [6.45, 7) is 5.98. The minimum atomic E-state index is -0.386. The molecule has 5 nitrogen and oxygen atoms in total. The van der Waals surface area contributed by atoms with E-state index in [0.29, 0.717) is 17.8 Å². The molecule has 34 heavy (non-hydrogen) atoms. The first kappa shape index (κ1) is 25.0. The van der Waals surface area contributed by atoms with E-state index in [1.54, 1.807) is 4.90 Å². The molecule has 0 radical (unpaired) electrons. The SMILES string of the molecule is CC(C)C(=O)Nc1ccc(N(C)C)c(CN(C(=O)c2ccc(F)cc2)C(C)c2ccccc2)c1. The molecule has 2 amide bonds. The van der Waals surface area contributed by atoms with Gasteiger partial charge in [-0.25, -0.2) is 4.39 Å². The Labute approximate surface area is 201 Å². The van der Waals surface area contributed by atoms with E-state index in [0.717, 1.165) is 16.8 Å². The van der Waals surface area contributed by atoms with Crippen molar-refractivity contribution in [2.75, 3.05) is 24.3 Å². The van der Waals surface area contributed by atoms with Gasteiger partial charge in [0.15, 0.2) is 0 Å². The average molecular weight is 462 g/mol. The summed E-state index contributed by atoms with van der Waals surface area (Å²) in [5.74, 6) is -0.799. The van der Waals surface area contributed by atoms with Crippen LogP contribution >= 0.6 is 0 Å². The van der Waals surface area contributed by atoms with Crippen molar-refractivity contribution in [3.05, 3.63) is 95.3 Å². The van der Waals surface area contributed by atoms with Gasteiger partial charge in [-0.3, -0.25) is 9.59 Å². The number of nitrogens with one attached hydrogen (secondary N) is 1. The first-order valence-electron chi connectivity index (χ1n) is 11.4. The van der Waals surface area contributed by atoms with Crippen molar-refractivity contribution in [2.45, 2.75) is 33.4 Å². The van der Waals surface area contributed by atoms with E-state index >= 15 is 0 Å². The third-order valence-electron chi connectivity index (χ3n) is 5.80. The first-order chi connectivity index (χ1) is 16.2. The molecule has 0 bridgehead atoms. The minimum absolute atomic E-state index is 0.0690. The Hall–Kier alpha value is -3.67. The third-order valence-corrected chi connectivity index (χ3v) is 5.80. The van der Waals surface area contributed by atoms with Crippen LogP contribution in [0.5, 0.6) is 0 Å². The van der Waals surface area contributed by atoms with Crippen molar-refractivity contribution < 1.29 is 14.0 Å². The Bertz CT molecular complexity index is 1130. The Morgan fingerprint density at radius 3 is 2.15 bits per heavy atom. The quantitative estimate of drug-likeness (QED) is 0.455. The van der Waals surface area contributed by atoms with Crippen molar-refractivity contribution in [1.29, 1.82) is 0 Å². The summed E-state index contributed by atoms with van der Waals surface area (Å²) in [6.07, 6.45) is 0. The third kappa shape index (κ3) is 6.01. The van der Waals surface area contributed by atoms with Gasteiger partial charge in [0, 0.05) is 43.5 Å². The second-order valence-corrected chi connectivity index (χ2v) is 8.91. The van der Waals surface area contributed by atoms with E-state index in [-0.39, 0.29) is 29.6 Å². The fraction of sp³-hybridized carbons (Fsp3) is 0.286. The lowest BCUT2D eigenvalue weighted by Gasteiger charge is -2.32. The van der Waals surface area contributed by atoms with E-state index in [1.807, 2.05) is 88.3 Å². The zero-order chi connectivity index (χ0) is 24.8. The van der Waals surface area contributed by atoms with Crippen LogP contribution in [0.4, 0.5) is 15.8 Å². The van der Waals surface area contributed by atoms with Crippen LogP contribution in [0.2, 0.25) is 0 Å². The number of anilines is 2. The highest BCUT2D eigenvalue weighted by molar-refractivity contribution is 5.95. The molecule has 6 heteroatoms. The Balaban J connectivity index is 2.03. The Morgan fingerprint density at radius 2 is 1.56 bits per heavy atom. The number of hydrogen-bond donors (Lipinski definition) is 1. The number of hydrogen-bond acceptors (Lipinski definition) is 3.